The van der Waals surface area contributed by atoms with Crippen LogP contribution in [0.3, 0.4) is 0 Å². The average molecular weight is 411 g/mol. The van der Waals surface area contributed by atoms with E-state index in [0.717, 1.165) is 5.56 Å². The largest absolute Gasteiger partial charge is 0.458 e. The number of benzene rings is 2. The molecule has 6 heteroatoms. The molecule has 1 saturated heterocycles. The minimum Gasteiger partial charge on any atom is -0.458 e. The Morgan fingerprint density at radius 2 is 1.67 bits per heavy atom. The van der Waals surface area contributed by atoms with Gasteiger partial charge in [-0.25, -0.2) is 9.69 Å². The van der Waals surface area contributed by atoms with Crippen LogP contribution in [-0.2, 0) is 19.0 Å². The van der Waals surface area contributed by atoms with Crippen molar-refractivity contribution in [3.63, 3.8) is 0 Å². The molecule has 0 bridgehead atoms. The lowest BCUT2D eigenvalue weighted by Crippen LogP contribution is -2.61. The number of Topliss-reactive ketones (excluding diaryl/α,β-unsaturated/α-hetero) is 1. The van der Waals surface area contributed by atoms with Gasteiger partial charge in [0, 0.05) is 12.7 Å². The first-order valence-corrected chi connectivity index (χ1v) is 10.0. The Bertz CT molecular complexity index is 862. The molecule has 0 unspecified atom stereocenters. The molecule has 1 aliphatic heterocycles. The van der Waals surface area contributed by atoms with Crippen LogP contribution in [0.1, 0.15) is 42.7 Å². The summed E-state index contributed by atoms with van der Waals surface area (Å²) >= 11 is 0. The van der Waals surface area contributed by atoms with E-state index in [-0.39, 0.29) is 25.2 Å². The standard InChI is InChI=1S/C24H29NO5/c1-23(2,3)30-22(27)24(21(26)19-13-9-6-10-14-19)16-29-17-25(24)20(15-28-4)18-11-7-5-8-12-18/h5-14,20H,15-17H2,1-4H3/t20-,24-/m0/s1. The first-order valence-electron chi connectivity index (χ1n) is 10.0. The Balaban J connectivity index is 2.11. The minimum absolute atomic E-state index is 0.0807. The van der Waals surface area contributed by atoms with Crippen molar-refractivity contribution in [1.29, 1.82) is 0 Å². The highest BCUT2D eigenvalue weighted by molar-refractivity contribution is 6.17. The van der Waals surface area contributed by atoms with Crippen LogP contribution in [-0.4, -0.2) is 54.8 Å². The zero-order valence-corrected chi connectivity index (χ0v) is 18.0. The van der Waals surface area contributed by atoms with Crippen LogP contribution in [0.15, 0.2) is 60.7 Å². The second-order valence-corrected chi connectivity index (χ2v) is 8.39. The van der Waals surface area contributed by atoms with Crippen LogP contribution in [0.2, 0.25) is 0 Å². The molecule has 1 aliphatic rings. The molecule has 2 aromatic carbocycles. The quantitative estimate of drug-likeness (QED) is 0.394. The smallest absolute Gasteiger partial charge is 0.337 e. The highest BCUT2D eigenvalue weighted by Crippen LogP contribution is 2.37. The molecular formula is C24H29NO5. The molecule has 0 amide bonds. The number of ether oxygens (including phenoxy) is 3. The Labute approximate surface area is 177 Å². The molecule has 0 aromatic heterocycles. The van der Waals surface area contributed by atoms with Crippen molar-refractivity contribution in [1.82, 2.24) is 4.90 Å². The topological polar surface area (TPSA) is 65.1 Å². The van der Waals surface area contributed by atoms with Crippen LogP contribution < -0.4 is 0 Å². The molecule has 0 aliphatic carbocycles. The normalized spacial score (nSPS) is 20.7. The predicted octanol–water partition coefficient (Wildman–Crippen LogP) is 3.63. The fraction of sp³-hybridized carbons (Fsp3) is 0.417. The van der Waals surface area contributed by atoms with Gasteiger partial charge in [0.15, 0.2) is 5.78 Å². The molecule has 0 N–H and O–H groups in total. The number of rotatable bonds is 7. The lowest BCUT2D eigenvalue weighted by Gasteiger charge is -2.39. The van der Waals surface area contributed by atoms with E-state index < -0.39 is 17.1 Å². The van der Waals surface area contributed by atoms with E-state index in [9.17, 15) is 9.59 Å². The fourth-order valence-corrected chi connectivity index (χ4v) is 3.70. The number of carbonyl (C=O) groups excluding carboxylic acids is 2. The number of ketones is 1. The minimum atomic E-state index is -1.60. The number of hydrogen-bond donors (Lipinski definition) is 0. The number of hydrogen-bond acceptors (Lipinski definition) is 6. The molecular weight excluding hydrogens is 382 g/mol. The van der Waals surface area contributed by atoms with E-state index in [4.69, 9.17) is 14.2 Å². The van der Waals surface area contributed by atoms with Crippen LogP contribution >= 0.6 is 0 Å². The molecule has 0 radical (unpaired) electrons. The number of esters is 1. The van der Waals surface area contributed by atoms with Crippen molar-refractivity contribution in [2.45, 2.75) is 38.0 Å². The van der Waals surface area contributed by atoms with Crippen molar-refractivity contribution < 1.29 is 23.8 Å². The maximum absolute atomic E-state index is 13.8. The summed E-state index contributed by atoms with van der Waals surface area (Å²) in [4.78, 5) is 29.1. The first kappa shape index (κ1) is 22.2. The lowest BCUT2D eigenvalue weighted by molar-refractivity contribution is -0.166. The van der Waals surface area contributed by atoms with Gasteiger partial charge in [0.1, 0.15) is 12.3 Å². The van der Waals surface area contributed by atoms with Gasteiger partial charge >= 0.3 is 5.97 Å². The van der Waals surface area contributed by atoms with E-state index in [1.807, 2.05) is 36.4 Å². The zero-order valence-electron chi connectivity index (χ0n) is 18.0. The summed E-state index contributed by atoms with van der Waals surface area (Å²) in [6, 6.07) is 18.1. The van der Waals surface area contributed by atoms with Crippen molar-refractivity contribution in [3.8, 4) is 0 Å². The maximum Gasteiger partial charge on any atom is 0.337 e. The molecule has 0 spiro atoms. The van der Waals surface area contributed by atoms with Crippen LogP contribution in [0.5, 0.6) is 0 Å². The second kappa shape index (κ2) is 9.08. The van der Waals surface area contributed by atoms with Gasteiger partial charge in [-0.2, -0.15) is 0 Å². The van der Waals surface area contributed by atoms with Gasteiger partial charge < -0.3 is 14.2 Å². The van der Waals surface area contributed by atoms with Gasteiger partial charge in [0.25, 0.3) is 0 Å². The lowest BCUT2D eigenvalue weighted by atomic mass is 9.86. The van der Waals surface area contributed by atoms with Gasteiger partial charge in [-0.3, -0.25) is 4.79 Å². The van der Waals surface area contributed by atoms with E-state index in [1.165, 1.54) is 0 Å². The fourth-order valence-electron chi connectivity index (χ4n) is 3.70. The molecule has 30 heavy (non-hydrogen) atoms. The summed E-state index contributed by atoms with van der Waals surface area (Å²) in [7, 11) is 1.60. The van der Waals surface area contributed by atoms with E-state index in [1.54, 1.807) is 57.0 Å². The van der Waals surface area contributed by atoms with Crippen LogP contribution in [0.25, 0.3) is 0 Å². The Kier molecular flexibility index (Phi) is 6.71. The Hall–Kier alpha value is -2.54. The van der Waals surface area contributed by atoms with Gasteiger partial charge in [-0.05, 0) is 26.3 Å². The number of nitrogens with zero attached hydrogens (tertiary/aromatic N) is 1. The van der Waals surface area contributed by atoms with Gasteiger partial charge in [0.2, 0.25) is 5.54 Å². The molecule has 2 atom stereocenters. The Morgan fingerprint density at radius 1 is 1.07 bits per heavy atom. The molecule has 1 fully saturated rings. The first-order chi connectivity index (χ1) is 14.3. The zero-order chi connectivity index (χ0) is 21.8. The molecule has 2 aromatic rings. The molecule has 3 rings (SSSR count). The SMILES string of the molecule is COC[C@@H](c1ccccc1)N1COC[C@@]1(C(=O)OC(C)(C)C)C(=O)c1ccccc1. The monoisotopic (exact) mass is 411 g/mol. The predicted molar refractivity (Wildman–Crippen MR) is 113 cm³/mol. The summed E-state index contributed by atoms with van der Waals surface area (Å²) in [6.45, 7) is 5.68. The third-order valence-corrected chi connectivity index (χ3v) is 5.06. The van der Waals surface area contributed by atoms with E-state index in [0.29, 0.717) is 12.2 Å². The van der Waals surface area contributed by atoms with Gasteiger partial charge in [0.05, 0.1) is 19.3 Å². The summed E-state index contributed by atoms with van der Waals surface area (Å²) in [5.74, 6) is -0.953. The van der Waals surface area contributed by atoms with Crippen molar-refractivity contribution in [3.05, 3.63) is 71.8 Å². The van der Waals surface area contributed by atoms with E-state index >= 15 is 0 Å². The Morgan fingerprint density at radius 3 is 2.23 bits per heavy atom. The third-order valence-electron chi connectivity index (χ3n) is 5.06. The van der Waals surface area contributed by atoms with Crippen LogP contribution in [0.4, 0.5) is 0 Å². The van der Waals surface area contributed by atoms with Crippen molar-refractivity contribution in [2.75, 3.05) is 27.1 Å². The highest BCUT2D eigenvalue weighted by atomic mass is 16.6. The van der Waals surface area contributed by atoms with Crippen LogP contribution in [0, 0.1) is 0 Å². The molecule has 0 saturated carbocycles. The molecule has 160 valence electrons. The van der Waals surface area contributed by atoms with E-state index in [2.05, 4.69) is 0 Å². The summed E-state index contributed by atoms with van der Waals surface area (Å²) in [5, 5.41) is 0. The van der Waals surface area contributed by atoms with Gasteiger partial charge in [-0.15, -0.1) is 0 Å². The average Bonchev–Trinajstić information content (AvgIpc) is 3.17. The van der Waals surface area contributed by atoms with Gasteiger partial charge in [-0.1, -0.05) is 60.7 Å². The summed E-state index contributed by atoms with van der Waals surface area (Å²) in [6.07, 6.45) is 0. The number of carbonyl (C=O) groups is 2. The molecule has 1 heterocycles. The highest BCUT2D eigenvalue weighted by Gasteiger charge is 2.59. The third kappa shape index (κ3) is 4.46. The number of methoxy groups -OCH3 is 1. The summed E-state index contributed by atoms with van der Waals surface area (Å²) in [5.41, 5.74) is -0.992. The molecule has 6 nitrogen and oxygen atoms in total. The van der Waals surface area contributed by atoms with Crippen molar-refractivity contribution in [2.24, 2.45) is 0 Å². The second-order valence-electron chi connectivity index (χ2n) is 8.39. The van der Waals surface area contributed by atoms with Crippen molar-refractivity contribution >= 4 is 11.8 Å². The maximum atomic E-state index is 13.8. The summed E-state index contributed by atoms with van der Waals surface area (Å²) < 4.78 is 17.0.